The Bertz CT molecular complexity index is 229. The van der Waals surface area contributed by atoms with Gasteiger partial charge < -0.3 is 0 Å². The van der Waals surface area contributed by atoms with Gasteiger partial charge in [-0.1, -0.05) is 20.3 Å². The molecule has 1 saturated carbocycles. The SMILES string of the molecule is CC(C)C1CN2CCCCC2CN1C1CC1. The summed E-state index contributed by atoms with van der Waals surface area (Å²) in [6.45, 7) is 8.90. The van der Waals surface area contributed by atoms with Gasteiger partial charge in [0.25, 0.3) is 0 Å². The van der Waals surface area contributed by atoms with E-state index >= 15 is 0 Å². The average Bonchev–Trinajstić information content (AvgIpc) is 3.11. The fourth-order valence-corrected chi connectivity index (χ4v) is 3.65. The van der Waals surface area contributed by atoms with Crippen molar-refractivity contribution in [2.75, 3.05) is 19.6 Å². The number of fused-ring (bicyclic) bond motifs is 1. The van der Waals surface area contributed by atoms with Crippen LogP contribution in [0.5, 0.6) is 0 Å². The number of rotatable bonds is 2. The molecule has 92 valence electrons. The van der Waals surface area contributed by atoms with Crippen LogP contribution in [0, 0.1) is 5.92 Å². The summed E-state index contributed by atoms with van der Waals surface area (Å²) in [5.74, 6) is 0.823. The zero-order chi connectivity index (χ0) is 11.1. The smallest absolute Gasteiger partial charge is 0.0249 e. The molecule has 3 aliphatic rings. The van der Waals surface area contributed by atoms with E-state index in [4.69, 9.17) is 0 Å². The van der Waals surface area contributed by atoms with E-state index < -0.39 is 0 Å². The average molecular weight is 222 g/mol. The van der Waals surface area contributed by atoms with E-state index in [2.05, 4.69) is 23.6 Å². The van der Waals surface area contributed by atoms with Crippen LogP contribution >= 0.6 is 0 Å². The van der Waals surface area contributed by atoms with Gasteiger partial charge >= 0.3 is 0 Å². The Morgan fingerprint density at radius 3 is 2.44 bits per heavy atom. The molecule has 2 nitrogen and oxygen atoms in total. The molecule has 0 bridgehead atoms. The molecule has 0 N–H and O–H groups in total. The van der Waals surface area contributed by atoms with Crippen molar-refractivity contribution >= 4 is 0 Å². The molecule has 3 fully saturated rings. The zero-order valence-electron chi connectivity index (χ0n) is 10.9. The third-order valence-electron chi connectivity index (χ3n) is 4.80. The summed E-state index contributed by atoms with van der Waals surface area (Å²) in [6.07, 6.45) is 7.29. The number of piperidine rings is 1. The Hall–Kier alpha value is -0.0800. The van der Waals surface area contributed by atoms with Crippen LogP contribution in [-0.2, 0) is 0 Å². The maximum absolute atomic E-state index is 2.86. The summed E-state index contributed by atoms with van der Waals surface area (Å²) in [6, 6.07) is 2.68. The first-order valence-corrected chi connectivity index (χ1v) is 7.25. The summed E-state index contributed by atoms with van der Waals surface area (Å²) in [4.78, 5) is 5.64. The summed E-state index contributed by atoms with van der Waals surface area (Å²) < 4.78 is 0. The Labute approximate surface area is 100.0 Å². The molecule has 2 saturated heterocycles. The zero-order valence-corrected chi connectivity index (χ0v) is 10.9. The molecule has 0 aromatic heterocycles. The number of hydrogen-bond acceptors (Lipinski definition) is 2. The van der Waals surface area contributed by atoms with Gasteiger partial charge in [-0.15, -0.1) is 0 Å². The highest BCUT2D eigenvalue weighted by molar-refractivity contribution is 4.98. The van der Waals surface area contributed by atoms with Crippen LogP contribution in [0.4, 0.5) is 0 Å². The van der Waals surface area contributed by atoms with E-state index in [0.717, 1.165) is 24.0 Å². The second kappa shape index (κ2) is 4.30. The maximum Gasteiger partial charge on any atom is 0.0249 e. The first-order valence-electron chi connectivity index (χ1n) is 7.25. The van der Waals surface area contributed by atoms with Crippen LogP contribution in [0.2, 0.25) is 0 Å². The van der Waals surface area contributed by atoms with Gasteiger partial charge in [-0.05, 0) is 38.1 Å². The topological polar surface area (TPSA) is 6.48 Å². The summed E-state index contributed by atoms with van der Waals surface area (Å²) in [5.41, 5.74) is 0. The first-order chi connectivity index (χ1) is 7.75. The van der Waals surface area contributed by atoms with Gasteiger partial charge in [-0.25, -0.2) is 0 Å². The molecule has 0 amide bonds. The fourth-order valence-electron chi connectivity index (χ4n) is 3.65. The highest BCUT2D eigenvalue weighted by Crippen LogP contribution is 2.35. The third-order valence-corrected chi connectivity index (χ3v) is 4.80. The van der Waals surface area contributed by atoms with E-state index in [1.54, 1.807) is 0 Å². The highest BCUT2D eigenvalue weighted by atomic mass is 15.3. The molecule has 0 aromatic carbocycles. The lowest BCUT2D eigenvalue weighted by atomic mass is 9.92. The minimum absolute atomic E-state index is 0.823. The molecule has 0 spiro atoms. The molecule has 3 rings (SSSR count). The van der Waals surface area contributed by atoms with Crippen LogP contribution in [0.25, 0.3) is 0 Å². The second-order valence-corrected chi connectivity index (χ2v) is 6.38. The standard InChI is InChI=1S/C14H26N2/c1-11(2)14-10-15-8-4-3-5-13(15)9-16(14)12-6-7-12/h11-14H,3-10H2,1-2H3. The predicted molar refractivity (Wildman–Crippen MR) is 67.6 cm³/mol. The van der Waals surface area contributed by atoms with Gasteiger partial charge in [0.2, 0.25) is 0 Å². The minimum Gasteiger partial charge on any atom is -0.298 e. The van der Waals surface area contributed by atoms with Crippen LogP contribution in [0.15, 0.2) is 0 Å². The third kappa shape index (κ3) is 2.02. The fraction of sp³-hybridized carbons (Fsp3) is 1.00. The number of piperazine rings is 1. The van der Waals surface area contributed by atoms with Crippen molar-refractivity contribution in [3.63, 3.8) is 0 Å². The Morgan fingerprint density at radius 1 is 0.938 bits per heavy atom. The summed E-state index contributed by atoms with van der Waals surface area (Å²) in [5, 5.41) is 0. The quantitative estimate of drug-likeness (QED) is 0.707. The van der Waals surface area contributed by atoms with Crippen molar-refractivity contribution in [2.24, 2.45) is 5.92 Å². The number of nitrogens with zero attached hydrogens (tertiary/aromatic N) is 2. The molecule has 2 unspecified atom stereocenters. The van der Waals surface area contributed by atoms with Crippen LogP contribution in [0.3, 0.4) is 0 Å². The first kappa shape index (κ1) is 11.0. The van der Waals surface area contributed by atoms with Crippen molar-refractivity contribution in [2.45, 2.75) is 64.1 Å². The van der Waals surface area contributed by atoms with E-state index in [0.29, 0.717) is 0 Å². The number of hydrogen-bond donors (Lipinski definition) is 0. The molecule has 2 heterocycles. The van der Waals surface area contributed by atoms with Gasteiger partial charge in [-0.2, -0.15) is 0 Å². The van der Waals surface area contributed by atoms with Crippen molar-refractivity contribution < 1.29 is 0 Å². The minimum atomic E-state index is 0.823. The summed E-state index contributed by atoms with van der Waals surface area (Å²) >= 11 is 0. The van der Waals surface area contributed by atoms with Crippen molar-refractivity contribution in [3.8, 4) is 0 Å². The largest absolute Gasteiger partial charge is 0.298 e. The van der Waals surface area contributed by atoms with Crippen molar-refractivity contribution in [1.29, 1.82) is 0 Å². The normalized spacial score (nSPS) is 37.7. The van der Waals surface area contributed by atoms with Gasteiger partial charge in [-0.3, -0.25) is 9.80 Å². The lowest BCUT2D eigenvalue weighted by Crippen LogP contribution is -2.61. The molecule has 2 aliphatic heterocycles. The second-order valence-electron chi connectivity index (χ2n) is 6.38. The Balaban J connectivity index is 1.72. The molecular formula is C14H26N2. The highest BCUT2D eigenvalue weighted by Gasteiger charge is 2.42. The van der Waals surface area contributed by atoms with E-state index in [-0.39, 0.29) is 0 Å². The van der Waals surface area contributed by atoms with E-state index in [9.17, 15) is 0 Å². The monoisotopic (exact) mass is 222 g/mol. The molecular weight excluding hydrogens is 196 g/mol. The Kier molecular flexibility index (Phi) is 2.97. The van der Waals surface area contributed by atoms with Gasteiger partial charge in [0.05, 0.1) is 0 Å². The lowest BCUT2D eigenvalue weighted by Gasteiger charge is -2.50. The molecule has 0 aromatic rings. The van der Waals surface area contributed by atoms with Crippen LogP contribution < -0.4 is 0 Å². The maximum atomic E-state index is 2.86. The van der Waals surface area contributed by atoms with Crippen LogP contribution in [-0.4, -0.2) is 47.6 Å². The van der Waals surface area contributed by atoms with Gasteiger partial charge in [0, 0.05) is 31.2 Å². The molecule has 2 atom stereocenters. The van der Waals surface area contributed by atoms with Crippen LogP contribution in [0.1, 0.15) is 46.0 Å². The van der Waals surface area contributed by atoms with E-state index in [1.165, 1.54) is 51.7 Å². The van der Waals surface area contributed by atoms with Crippen molar-refractivity contribution in [1.82, 2.24) is 9.80 Å². The lowest BCUT2D eigenvalue weighted by molar-refractivity contribution is -0.0119. The van der Waals surface area contributed by atoms with E-state index in [1.807, 2.05) is 0 Å². The molecule has 1 aliphatic carbocycles. The van der Waals surface area contributed by atoms with Gasteiger partial charge in [0.15, 0.2) is 0 Å². The summed E-state index contributed by atoms with van der Waals surface area (Å²) in [7, 11) is 0. The molecule has 0 radical (unpaired) electrons. The predicted octanol–water partition coefficient (Wildman–Crippen LogP) is 2.34. The van der Waals surface area contributed by atoms with Gasteiger partial charge in [0.1, 0.15) is 0 Å². The molecule has 2 heteroatoms. The molecule has 16 heavy (non-hydrogen) atoms. The Morgan fingerprint density at radius 2 is 1.75 bits per heavy atom. The van der Waals surface area contributed by atoms with Crippen molar-refractivity contribution in [3.05, 3.63) is 0 Å².